The molecule has 0 fully saturated rings. The molecule has 0 aliphatic carbocycles. The van der Waals surface area contributed by atoms with Crippen LogP contribution < -0.4 is 15.4 Å². The lowest BCUT2D eigenvalue weighted by molar-refractivity contribution is -0.116. The molecule has 0 unspecified atom stereocenters. The highest BCUT2D eigenvalue weighted by atomic mass is 32.2. The molecule has 8 heteroatoms. The van der Waals surface area contributed by atoms with Gasteiger partial charge in [0.15, 0.2) is 0 Å². The molecule has 2 rings (SSSR count). The Morgan fingerprint density at radius 3 is 2.00 bits per heavy atom. The van der Waals surface area contributed by atoms with Gasteiger partial charge in [-0.15, -0.1) is 0 Å². The summed E-state index contributed by atoms with van der Waals surface area (Å²) >= 11 is 0. The molecule has 7 nitrogen and oxygen atoms in total. The SMILES string of the molecule is CC(=O)Nc1ccc(S(=O)(=O)N(CC(N)=O)c2c(C)cc(C)cc2C)cc1. The third kappa shape index (κ3) is 4.65. The van der Waals surface area contributed by atoms with Crippen molar-refractivity contribution in [2.24, 2.45) is 5.73 Å². The largest absolute Gasteiger partial charge is 0.368 e. The van der Waals surface area contributed by atoms with Crippen molar-refractivity contribution in [3.05, 3.63) is 53.1 Å². The van der Waals surface area contributed by atoms with Crippen molar-refractivity contribution in [1.29, 1.82) is 0 Å². The third-order valence-electron chi connectivity index (χ3n) is 3.95. The first-order valence-electron chi connectivity index (χ1n) is 8.29. The van der Waals surface area contributed by atoms with E-state index in [0.717, 1.165) is 21.0 Å². The Balaban J connectivity index is 2.56. The molecule has 2 amide bonds. The van der Waals surface area contributed by atoms with Crippen molar-refractivity contribution < 1.29 is 18.0 Å². The van der Waals surface area contributed by atoms with Crippen LogP contribution in [0.15, 0.2) is 41.3 Å². The molecule has 0 saturated heterocycles. The Morgan fingerprint density at radius 1 is 1.04 bits per heavy atom. The molecule has 0 aromatic heterocycles. The number of carbonyl (C=O) groups is 2. The number of carbonyl (C=O) groups excluding carboxylic acids is 2. The number of rotatable bonds is 6. The van der Waals surface area contributed by atoms with Crippen LogP contribution in [-0.4, -0.2) is 26.8 Å². The molecule has 0 atom stereocenters. The fraction of sp³-hybridized carbons (Fsp3) is 0.263. The second kappa shape index (κ2) is 7.79. The van der Waals surface area contributed by atoms with Crippen molar-refractivity contribution >= 4 is 33.2 Å². The van der Waals surface area contributed by atoms with E-state index in [1.165, 1.54) is 31.2 Å². The number of hydrogen-bond donors (Lipinski definition) is 2. The fourth-order valence-corrected chi connectivity index (χ4v) is 4.59. The third-order valence-corrected chi connectivity index (χ3v) is 5.71. The molecule has 0 aliphatic rings. The summed E-state index contributed by atoms with van der Waals surface area (Å²) in [6.45, 7) is 6.39. The minimum atomic E-state index is -4.03. The number of primary amides is 1. The van der Waals surface area contributed by atoms with E-state index in [1.807, 2.05) is 19.1 Å². The maximum atomic E-state index is 13.2. The maximum Gasteiger partial charge on any atom is 0.264 e. The Morgan fingerprint density at radius 2 is 1.56 bits per heavy atom. The molecule has 0 radical (unpaired) electrons. The number of nitrogens with two attached hydrogens (primary N) is 1. The molecule has 3 N–H and O–H groups in total. The van der Waals surface area contributed by atoms with Crippen LogP contribution >= 0.6 is 0 Å². The topological polar surface area (TPSA) is 110 Å². The number of nitrogens with one attached hydrogen (secondary N) is 1. The van der Waals surface area contributed by atoms with Crippen LogP contribution in [0.3, 0.4) is 0 Å². The molecular formula is C19H23N3O4S. The van der Waals surface area contributed by atoms with E-state index in [-0.39, 0.29) is 10.8 Å². The zero-order valence-corrected chi connectivity index (χ0v) is 16.6. The van der Waals surface area contributed by atoms with E-state index in [2.05, 4.69) is 5.32 Å². The Hall–Kier alpha value is -2.87. The maximum absolute atomic E-state index is 13.2. The first-order valence-corrected chi connectivity index (χ1v) is 9.73. The summed E-state index contributed by atoms with van der Waals surface area (Å²) in [4.78, 5) is 22.7. The van der Waals surface area contributed by atoms with Crippen LogP contribution in [-0.2, 0) is 19.6 Å². The van der Waals surface area contributed by atoms with Crippen molar-refractivity contribution in [2.75, 3.05) is 16.2 Å². The summed E-state index contributed by atoms with van der Waals surface area (Å²) in [5.41, 5.74) is 8.68. The second-order valence-corrected chi connectivity index (χ2v) is 8.29. The Kier molecular flexibility index (Phi) is 5.90. The minimum absolute atomic E-state index is 0.00257. The minimum Gasteiger partial charge on any atom is -0.368 e. The summed E-state index contributed by atoms with van der Waals surface area (Å²) in [5.74, 6) is -1.01. The van der Waals surface area contributed by atoms with Gasteiger partial charge in [0, 0.05) is 12.6 Å². The van der Waals surface area contributed by atoms with Crippen LogP contribution in [0.5, 0.6) is 0 Å². The molecular weight excluding hydrogens is 366 g/mol. The van der Waals surface area contributed by atoms with Crippen molar-refractivity contribution in [1.82, 2.24) is 0 Å². The molecule has 2 aromatic carbocycles. The van der Waals surface area contributed by atoms with Gasteiger partial charge in [0.2, 0.25) is 11.8 Å². The smallest absolute Gasteiger partial charge is 0.264 e. The highest BCUT2D eigenvalue weighted by molar-refractivity contribution is 7.92. The average molecular weight is 389 g/mol. The van der Waals surface area contributed by atoms with Gasteiger partial charge in [-0.3, -0.25) is 13.9 Å². The molecule has 0 saturated carbocycles. The summed E-state index contributed by atoms with van der Waals surface area (Å²) in [7, 11) is -4.03. The van der Waals surface area contributed by atoms with Gasteiger partial charge in [0.05, 0.1) is 10.6 Å². The zero-order valence-electron chi connectivity index (χ0n) is 15.7. The van der Waals surface area contributed by atoms with Gasteiger partial charge in [-0.05, 0) is 56.2 Å². The standard InChI is InChI=1S/C19H23N3O4S/c1-12-9-13(2)19(14(3)10-12)22(11-18(20)24)27(25,26)17-7-5-16(6-8-17)21-15(4)23/h5-10H,11H2,1-4H3,(H2,20,24)(H,21,23). The van der Waals surface area contributed by atoms with Gasteiger partial charge >= 0.3 is 0 Å². The molecule has 2 aromatic rings. The van der Waals surface area contributed by atoms with Crippen LogP contribution in [0.1, 0.15) is 23.6 Å². The van der Waals surface area contributed by atoms with E-state index in [4.69, 9.17) is 5.73 Å². The second-order valence-electron chi connectivity index (χ2n) is 6.43. The molecule has 0 heterocycles. The van der Waals surface area contributed by atoms with E-state index < -0.39 is 22.5 Å². The van der Waals surface area contributed by atoms with Gasteiger partial charge in [-0.2, -0.15) is 0 Å². The number of amides is 2. The Labute approximate surface area is 159 Å². The van der Waals surface area contributed by atoms with Crippen LogP contribution in [0.25, 0.3) is 0 Å². The number of aryl methyl sites for hydroxylation is 3. The summed E-state index contributed by atoms with van der Waals surface area (Å²) in [5, 5.41) is 2.58. The number of sulfonamides is 1. The first kappa shape index (κ1) is 20.4. The monoisotopic (exact) mass is 389 g/mol. The highest BCUT2D eigenvalue weighted by Crippen LogP contribution is 2.31. The highest BCUT2D eigenvalue weighted by Gasteiger charge is 2.29. The van der Waals surface area contributed by atoms with Crippen LogP contribution in [0.4, 0.5) is 11.4 Å². The summed E-state index contributed by atoms with van der Waals surface area (Å²) in [6, 6.07) is 9.45. The molecule has 27 heavy (non-hydrogen) atoms. The quantitative estimate of drug-likeness (QED) is 0.789. The van der Waals surface area contributed by atoms with Crippen LogP contribution in [0, 0.1) is 20.8 Å². The van der Waals surface area contributed by atoms with E-state index >= 15 is 0 Å². The predicted molar refractivity (Wildman–Crippen MR) is 105 cm³/mol. The van der Waals surface area contributed by atoms with Gasteiger partial charge in [0.1, 0.15) is 6.54 Å². The van der Waals surface area contributed by atoms with Gasteiger partial charge in [-0.1, -0.05) is 17.7 Å². The van der Waals surface area contributed by atoms with E-state index in [1.54, 1.807) is 13.8 Å². The number of nitrogens with zero attached hydrogens (tertiary/aromatic N) is 1. The summed E-state index contributed by atoms with van der Waals surface area (Å²) < 4.78 is 27.5. The molecule has 0 spiro atoms. The number of hydrogen-bond acceptors (Lipinski definition) is 4. The van der Waals surface area contributed by atoms with Gasteiger partial charge in [0.25, 0.3) is 10.0 Å². The van der Waals surface area contributed by atoms with Crippen molar-refractivity contribution in [3.63, 3.8) is 0 Å². The average Bonchev–Trinajstić information content (AvgIpc) is 2.52. The Bertz CT molecular complexity index is 960. The lowest BCUT2D eigenvalue weighted by Crippen LogP contribution is -2.39. The summed E-state index contributed by atoms with van der Waals surface area (Å²) in [6.07, 6.45) is 0. The predicted octanol–water partition coefficient (Wildman–Crippen LogP) is 2.25. The fourth-order valence-electron chi connectivity index (χ4n) is 3.03. The first-order chi connectivity index (χ1) is 12.5. The van der Waals surface area contributed by atoms with Crippen molar-refractivity contribution in [3.8, 4) is 0 Å². The molecule has 0 aliphatic heterocycles. The van der Waals surface area contributed by atoms with E-state index in [9.17, 15) is 18.0 Å². The van der Waals surface area contributed by atoms with E-state index in [0.29, 0.717) is 11.4 Å². The van der Waals surface area contributed by atoms with Crippen molar-refractivity contribution in [2.45, 2.75) is 32.6 Å². The normalized spacial score (nSPS) is 11.1. The lowest BCUT2D eigenvalue weighted by atomic mass is 10.1. The van der Waals surface area contributed by atoms with Crippen LogP contribution in [0.2, 0.25) is 0 Å². The van der Waals surface area contributed by atoms with Gasteiger partial charge < -0.3 is 11.1 Å². The number of anilines is 2. The molecule has 0 bridgehead atoms. The number of benzene rings is 2. The van der Waals surface area contributed by atoms with Gasteiger partial charge in [-0.25, -0.2) is 8.42 Å². The molecule has 144 valence electrons. The zero-order chi connectivity index (χ0) is 20.4. The lowest BCUT2D eigenvalue weighted by Gasteiger charge is -2.27.